The summed E-state index contributed by atoms with van der Waals surface area (Å²) in [5.74, 6) is -0.190. The van der Waals surface area contributed by atoms with Crippen molar-refractivity contribution in [3.05, 3.63) is 75.8 Å². The Hall–Kier alpha value is -3.34. The van der Waals surface area contributed by atoms with Crippen LogP contribution in [0.4, 0.5) is 4.39 Å². The molecule has 0 amide bonds. The molecule has 2 aromatic carbocycles. The molecule has 0 bridgehead atoms. The van der Waals surface area contributed by atoms with E-state index in [1.165, 1.54) is 24.3 Å². The first kappa shape index (κ1) is 19.0. The number of rotatable bonds is 5. The second-order valence-electron chi connectivity index (χ2n) is 5.97. The van der Waals surface area contributed by atoms with E-state index in [-0.39, 0.29) is 28.9 Å². The molecule has 0 aliphatic rings. The van der Waals surface area contributed by atoms with Gasteiger partial charge in [0.05, 0.1) is 17.3 Å². The van der Waals surface area contributed by atoms with Crippen LogP contribution in [0.2, 0.25) is 10.0 Å². The SMILES string of the molecule is N#Cc1cc(Cl)cc(Oc2cc(F)c(Cl)c(OCc3[nH]nc4ncccc34)c2)c1. The Morgan fingerprint density at radius 2 is 1.97 bits per heavy atom. The van der Waals surface area contributed by atoms with E-state index in [2.05, 4.69) is 15.2 Å². The van der Waals surface area contributed by atoms with Crippen LogP contribution in [0, 0.1) is 17.1 Å². The summed E-state index contributed by atoms with van der Waals surface area (Å²) in [7, 11) is 0. The Kier molecular flexibility index (Phi) is 5.21. The molecule has 2 aromatic heterocycles. The average Bonchev–Trinajstić information content (AvgIpc) is 3.12. The van der Waals surface area contributed by atoms with Gasteiger partial charge in [-0.05, 0) is 30.3 Å². The Bertz CT molecular complexity index is 1250. The third kappa shape index (κ3) is 4.09. The highest BCUT2D eigenvalue weighted by molar-refractivity contribution is 6.32. The Balaban J connectivity index is 1.59. The molecule has 4 rings (SSSR count). The van der Waals surface area contributed by atoms with Gasteiger partial charge in [0, 0.05) is 28.7 Å². The van der Waals surface area contributed by atoms with Crippen molar-refractivity contribution in [1.82, 2.24) is 15.2 Å². The first-order valence-electron chi connectivity index (χ1n) is 8.32. The minimum absolute atomic E-state index is 0.0700. The van der Waals surface area contributed by atoms with Crippen LogP contribution in [0.15, 0.2) is 48.7 Å². The molecule has 2 heterocycles. The predicted molar refractivity (Wildman–Crippen MR) is 106 cm³/mol. The fourth-order valence-electron chi connectivity index (χ4n) is 2.69. The number of nitrogens with one attached hydrogen (secondary N) is 1. The normalized spacial score (nSPS) is 10.7. The topological polar surface area (TPSA) is 83.8 Å². The van der Waals surface area contributed by atoms with Gasteiger partial charge in [0.1, 0.15) is 34.7 Å². The van der Waals surface area contributed by atoms with Crippen LogP contribution in [-0.4, -0.2) is 15.2 Å². The van der Waals surface area contributed by atoms with Gasteiger partial charge in [-0.2, -0.15) is 10.4 Å². The Morgan fingerprint density at radius 3 is 2.79 bits per heavy atom. The van der Waals surface area contributed by atoms with Gasteiger partial charge in [0.25, 0.3) is 0 Å². The number of hydrogen-bond donors (Lipinski definition) is 1. The predicted octanol–water partition coefficient (Wildman–Crippen LogP) is 5.65. The lowest BCUT2D eigenvalue weighted by molar-refractivity contribution is 0.299. The highest BCUT2D eigenvalue weighted by Gasteiger charge is 2.14. The van der Waals surface area contributed by atoms with Gasteiger partial charge in [0.2, 0.25) is 0 Å². The second kappa shape index (κ2) is 7.95. The summed E-state index contributed by atoms with van der Waals surface area (Å²) < 4.78 is 25.6. The molecule has 29 heavy (non-hydrogen) atoms. The van der Waals surface area contributed by atoms with Crippen LogP contribution in [-0.2, 0) is 6.61 Å². The van der Waals surface area contributed by atoms with Gasteiger partial charge in [-0.25, -0.2) is 9.37 Å². The number of aromatic amines is 1. The van der Waals surface area contributed by atoms with E-state index in [1.54, 1.807) is 12.3 Å². The first-order chi connectivity index (χ1) is 14.0. The average molecular weight is 429 g/mol. The molecule has 0 atom stereocenters. The minimum Gasteiger partial charge on any atom is -0.485 e. The molecule has 4 aromatic rings. The maximum atomic E-state index is 14.3. The van der Waals surface area contributed by atoms with Crippen LogP contribution in [0.25, 0.3) is 11.0 Å². The van der Waals surface area contributed by atoms with Crippen LogP contribution in [0.1, 0.15) is 11.3 Å². The van der Waals surface area contributed by atoms with E-state index in [0.717, 1.165) is 11.5 Å². The molecule has 1 N–H and O–H groups in total. The van der Waals surface area contributed by atoms with Crippen LogP contribution >= 0.6 is 23.2 Å². The fraction of sp³-hybridized carbons (Fsp3) is 0.0500. The quantitative estimate of drug-likeness (QED) is 0.444. The molecule has 0 fully saturated rings. The lowest BCUT2D eigenvalue weighted by Gasteiger charge is -2.12. The third-order valence-electron chi connectivity index (χ3n) is 3.99. The number of pyridine rings is 1. The van der Waals surface area contributed by atoms with Gasteiger partial charge < -0.3 is 9.47 Å². The van der Waals surface area contributed by atoms with Crippen molar-refractivity contribution in [3.63, 3.8) is 0 Å². The molecule has 6 nitrogen and oxygen atoms in total. The summed E-state index contributed by atoms with van der Waals surface area (Å²) in [6, 6.07) is 12.7. The lowest BCUT2D eigenvalue weighted by atomic mass is 10.2. The van der Waals surface area contributed by atoms with Crippen molar-refractivity contribution in [1.29, 1.82) is 5.26 Å². The van der Waals surface area contributed by atoms with Gasteiger partial charge in [-0.1, -0.05) is 23.2 Å². The molecule has 0 spiro atoms. The smallest absolute Gasteiger partial charge is 0.181 e. The van der Waals surface area contributed by atoms with Crippen molar-refractivity contribution >= 4 is 34.2 Å². The van der Waals surface area contributed by atoms with Crippen LogP contribution in [0.5, 0.6) is 17.2 Å². The van der Waals surface area contributed by atoms with Gasteiger partial charge in [0.15, 0.2) is 5.65 Å². The summed E-state index contributed by atoms with van der Waals surface area (Å²) in [6.45, 7) is 0.0700. The molecular formula is C20H11Cl2FN4O2. The first-order valence-corrected chi connectivity index (χ1v) is 9.07. The molecule has 0 aliphatic heterocycles. The summed E-state index contributed by atoms with van der Waals surface area (Å²) in [5.41, 5.74) is 1.54. The van der Waals surface area contributed by atoms with Gasteiger partial charge in [-0.15, -0.1) is 0 Å². The number of ether oxygens (including phenoxy) is 2. The largest absolute Gasteiger partial charge is 0.485 e. The molecule has 9 heteroatoms. The highest BCUT2D eigenvalue weighted by Crippen LogP contribution is 2.35. The van der Waals surface area contributed by atoms with E-state index in [1.807, 2.05) is 12.1 Å². The molecule has 144 valence electrons. The molecule has 0 radical (unpaired) electrons. The maximum Gasteiger partial charge on any atom is 0.181 e. The third-order valence-corrected chi connectivity index (χ3v) is 4.57. The number of halogens is 3. The molecule has 0 saturated carbocycles. The number of hydrogen-bond acceptors (Lipinski definition) is 5. The molecule has 0 aliphatic carbocycles. The number of benzene rings is 2. The van der Waals surface area contributed by atoms with Gasteiger partial charge in [-0.3, -0.25) is 5.10 Å². The number of fused-ring (bicyclic) bond motifs is 1. The van der Waals surface area contributed by atoms with Crippen molar-refractivity contribution in [2.45, 2.75) is 6.61 Å². The van der Waals surface area contributed by atoms with Crippen LogP contribution < -0.4 is 9.47 Å². The summed E-state index contributed by atoms with van der Waals surface area (Å²) in [5, 5.41) is 16.9. The Morgan fingerprint density at radius 1 is 1.14 bits per heavy atom. The van der Waals surface area contributed by atoms with E-state index >= 15 is 0 Å². The minimum atomic E-state index is -0.710. The lowest BCUT2D eigenvalue weighted by Crippen LogP contribution is -1.99. The second-order valence-corrected chi connectivity index (χ2v) is 6.79. The molecule has 0 unspecified atom stereocenters. The summed E-state index contributed by atoms with van der Waals surface area (Å²) >= 11 is 12.0. The van der Waals surface area contributed by atoms with Crippen LogP contribution in [0.3, 0.4) is 0 Å². The summed E-state index contributed by atoms with van der Waals surface area (Å²) in [6.07, 6.45) is 1.63. The number of H-pyrrole nitrogens is 1. The zero-order chi connectivity index (χ0) is 20.4. The zero-order valence-electron chi connectivity index (χ0n) is 14.6. The van der Waals surface area contributed by atoms with Crippen molar-refractivity contribution in [2.75, 3.05) is 0 Å². The summed E-state index contributed by atoms with van der Waals surface area (Å²) in [4.78, 5) is 4.13. The maximum absolute atomic E-state index is 14.3. The van der Waals surface area contributed by atoms with Crippen molar-refractivity contribution in [3.8, 4) is 23.3 Å². The number of nitrogens with zero attached hydrogens (tertiary/aromatic N) is 3. The fourth-order valence-corrected chi connectivity index (χ4v) is 3.08. The van der Waals surface area contributed by atoms with Crippen molar-refractivity contribution < 1.29 is 13.9 Å². The standard InChI is InChI=1S/C20H11Cl2FN4O2/c21-12-4-11(9-24)5-13(6-12)29-14-7-16(23)19(22)18(8-14)28-10-17-15-2-1-3-25-20(15)27-26-17/h1-8H,10H2,(H,25,26,27). The van der Waals surface area contributed by atoms with E-state index in [0.29, 0.717) is 21.9 Å². The number of aromatic nitrogens is 3. The van der Waals surface area contributed by atoms with E-state index in [4.69, 9.17) is 37.9 Å². The van der Waals surface area contributed by atoms with Crippen molar-refractivity contribution in [2.24, 2.45) is 0 Å². The van der Waals surface area contributed by atoms with Gasteiger partial charge >= 0.3 is 0 Å². The number of nitriles is 1. The molecular weight excluding hydrogens is 418 g/mol. The Labute approximate surface area is 174 Å². The monoisotopic (exact) mass is 428 g/mol. The molecule has 0 saturated heterocycles. The van der Waals surface area contributed by atoms with E-state index < -0.39 is 5.82 Å². The highest BCUT2D eigenvalue weighted by atomic mass is 35.5. The zero-order valence-corrected chi connectivity index (χ0v) is 16.1. The van der Waals surface area contributed by atoms with E-state index in [9.17, 15) is 4.39 Å².